The maximum atomic E-state index is 12.7. The van der Waals surface area contributed by atoms with Gasteiger partial charge in [-0.15, -0.1) is 0 Å². The molecule has 8 heteroatoms. The van der Waals surface area contributed by atoms with Crippen molar-refractivity contribution in [3.05, 3.63) is 63.7 Å². The van der Waals surface area contributed by atoms with E-state index in [1.807, 2.05) is 18.2 Å². The lowest BCUT2D eigenvalue weighted by Crippen LogP contribution is -2.32. The third-order valence-corrected chi connectivity index (χ3v) is 5.54. The summed E-state index contributed by atoms with van der Waals surface area (Å²) >= 11 is 0. The minimum Gasteiger partial charge on any atom is -0.493 e. The van der Waals surface area contributed by atoms with Gasteiger partial charge in [-0.1, -0.05) is 24.3 Å². The zero-order valence-electron chi connectivity index (χ0n) is 12.9. The molecule has 2 aromatic carbocycles. The molecule has 1 heterocycles. The number of nitro benzene ring substituents is 1. The number of para-hydroxylation sites is 1. The number of hydrogen-bond acceptors (Lipinski definition) is 5. The Hall–Kier alpha value is -2.45. The van der Waals surface area contributed by atoms with Crippen LogP contribution in [0.4, 0.5) is 5.69 Å². The monoisotopic (exact) mass is 348 g/mol. The fourth-order valence-corrected chi connectivity index (χ4v) is 4.22. The number of nitrogens with zero attached hydrogens (tertiary/aromatic N) is 1. The van der Waals surface area contributed by atoms with Crippen LogP contribution in [-0.4, -0.2) is 19.9 Å². The second-order valence-corrected chi connectivity index (χ2v) is 7.24. The molecule has 1 atom stereocenters. The van der Waals surface area contributed by atoms with Gasteiger partial charge in [-0.05, 0) is 18.6 Å². The van der Waals surface area contributed by atoms with Crippen molar-refractivity contribution in [2.24, 2.45) is 0 Å². The third kappa shape index (κ3) is 3.10. The van der Waals surface area contributed by atoms with Gasteiger partial charge in [0, 0.05) is 24.1 Å². The van der Waals surface area contributed by atoms with E-state index in [9.17, 15) is 18.5 Å². The lowest BCUT2D eigenvalue weighted by molar-refractivity contribution is -0.385. The van der Waals surface area contributed by atoms with Crippen LogP contribution in [0.2, 0.25) is 0 Å². The highest BCUT2D eigenvalue weighted by Crippen LogP contribution is 2.33. The molecule has 1 aliphatic rings. The normalized spacial score (nSPS) is 17.0. The molecule has 0 fully saturated rings. The summed E-state index contributed by atoms with van der Waals surface area (Å²) in [7, 11) is -3.90. The average Bonchev–Trinajstić information content (AvgIpc) is 2.55. The first-order chi connectivity index (χ1) is 11.4. The van der Waals surface area contributed by atoms with Crippen LogP contribution in [0.25, 0.3) is 0 Å². The van der Waals surface area contributed by atoms with Gasteiger partial charge in [0.25, 0.3) is 5.69 Å². The maximum Gasteiger partial charge on any atom is 0.270 e. The smallest absolute Gasteiger partial charge is 0.270 e. The van der Waals surface area contributed by atoms with Crippen LogP contribution in [0, 0.1) is 17.0 Å². The average molecular weight is 348 g/mol. The molecule has 0 aromatic heterocycles. The molecule has 0 aliphatic carbocycles. The first-order valence-corrected chi connectivity index (χ1v) is 8.86. The highest BCUT2D eigenvalue weighted by atomic mass is 32.2. The molecule has 1 aliphatic heterocycles. The number of non-ortho nitro benzene ring substituents is 1. The van der Waals surface area contributed by atoms with E-state index in [1.54, 1.807) is 13.0 Å². The molecule has 0 bridgehead atoms. The van der Waals surface area contributed by atoms with E-state index in [2.05, 4.69) is 4.72 Å². The van der Waals surface area contributed by atoms with E-state index in [4.69, 9.17) is 4.74 Å². The van der Waals surface area contributed by atoms with Gasteiger partial charge in [0.05, 0.1) is 22.5 Å². The number of fused-ring (bicyclic) bond motifs is 1. The molecule has 0 saturated heterocycles. The van der Waals surface area contributed by atoms with Crippen LogP contribution in [-0.2, 0) is 10.0 Å². The highest BCUT2D eigenvalue weighted by Gasteiger charge is 2.28. The van der Waals surface area contributed by atoms with Crippen molar-refractivity contribution < 1.29 is 18.1 Å². The van der Waals surface area contributed by atoms with E-state index in [0.717, 1.165) is 11.6 Å². The number of nitrogens with one attached hydrogen (secondary N) is 1. The maximum absolute atomic E-state index is 12.7. The lowest BCUT2D eigenvalue weighted by atomic mass is 10.0. The SMILES string of the molecule is Cc1ccc([N+](=O)[O-])cc1S(=O)(=O)NC1CCOc2ccccc21. The van der Waals surface area contributed by atoms with Gasteiger partial charge in [0.15, 0.2) is 0 Å². The zero-order valence-corrected chi connectivity index (χ0v) is 13.7. The Labute approximate surface area is 139 Å². The minimum atomic E-state index is -3.90. The highest BCUT2D eigenvalue weighted by molar-refractivity contribution is 7.89. The van der Waals surface area contributed by atoms with Gasteiger partial charge in [-0.2, -0.15) is 0 Å². The molecule has 0 radical (unpaired) electrons. The molecular formula is C16H16N2O5S. The van der Waals surface area contributed by atoms with Gasteiger partial charge in [-0.25, -0.2) is 13.1 Å². The molecule has 0 saturated carbocycles. The summed E-state index contributed by atoms with van der Waals surface area (Å²) in [5.41, 5.74) is 0.956. The van der Waals surface area contributed by atoms with Crippen LogP contribution in [0.3, 0.4) is 0 Å². The second kappa shape index (κ2) is 6.21. The summed E-state index contributed by atoms with van der Waals surface area (Å²) in [6.07, 6.45) is 0.490. The van der Waals surface area contributed by atoms with Crippen molar-refractivity contribution in [3.63, 3.8) is 0 Å². The number of benzene rings is 2. The largest absolute Gasteiger partial charge is 0.493 e. The predicted molar refractivity (Wildman–Crippen MR) is 87.4 cm³/mol. The molecule has 1 N–H and O–H groups in total. The molecule has 0 amide bonds. The Morgan fingerprint density at radius 3 is 2.75 bits per heavy atom. The number of sulfonamides is 1. The standard InChI is InChI=1S/C16H16N2O5S/c1-11-6-7-12(18(19)20)10-16(11)24(21,22)17-14-8-9-23-15-5-3-2-4-13(14)15/h2-7,10,14,17H,8-9H2,1H3. The fourth-order valence-electron chi connectivity index (χ4n) is 2.71. The molecule has 7 nitrogen and oxygen atoms in total. The number of nitro groups is 1. The van der Waals surface area contributed by atoms with Crippen molar-refractivity contribution in [1.82, 2.24) is 4.72 Å². The van der Waals surface area contributed by atoms with Crippen molar-refractivity contribution in [2.45, 2.75) is 24.3 Å². The number of aryl methyl sites for hydroxylation is 1. The van der Waals surface area contributed by atoms with Crippen molar-refractivity contribution in [2.75, 3.05) is 6.61 Å². The van der Waals surface area contributed by atoms with Crippen LogP contribution < -0.4 is 9.46 Å². The number of hydrogen-bond donors (Lipinski definition) is 1. The van der Waals surface area contributed by atoms with Crippen molar-refractivity contribution in [1.29, 1.82) is 0 Å². The Balaban J connectivity index is 1.96. The van der Waals surface area contributed by atoms with Gasteiger partial charge < -0.3 is 4.74 Å². The summed E-state index contributed by atoms with van der Waals surface area (Å²) in [6, 6.07) is 10.6. The number of rotatable bonds is 4. The Bertz CT molecular complexity index is 895. The minimum absolute atomic E-state index is 0.0827. The molecule has 0 spiro atoms. The first-order valence-electron chi connectivity index (χ1n) is 7.37. The van der Waals surface area contributed by atoms with E-state index in [0.29, 0.717) is 24.3 Å². The van der Waals surface area contributed by atoms with E-state index >= 15 is 0 Å². The van der Waals surface area contributed by atoms with E-state index in [-0.39, 0.29) is 10.6 Å². The summed E-state index contributed by atoms with van der Waals surface area (Å²) in [4.78, 5) is 10.2. The Kier molecular flexibility index (Phi) is 4.25. The predicted octanol–water partition coefficient (Wildman–Crippen LogP) is 2.71. The summed E-state index contributed by atoms with van der Waals surface area (Å²) in [5, 5.41) is 10.9. The summed E-state index contributed by atoms with van der Waals surface area (Å²) in [6.45, 7) is 2.01. The molecule has 24 heavy (non-hydrogen) atoms. The van der Waals surface area contributed by atoms with E-state index in [1.165, 1.54) is 12.1 Å². The van der Waals surface area contributed by atoms with Gasteiger partial charge >= 0.3 is 0 Å². The van der Waals surface area contributed by atoms with Crippen molar-refractivity contribution in [3.8, 4) is 5.75 Å². The van der Waals surface area contributed by atoms with Gasteiger partial charge in [-0.3, -0.25) is 10.1 Å². The summed E-state index contributed by atoms with van der Waals surface area (Å²) < 4.78 is 33.6. The molecule has 126 valence electrons. The quantitative estimate of drug-likeness (QED) is 0.676. The number of ether oxygens (including phenoxy) is 1. The van der Waals surface area contributed by atoms with Gasteiger partial charge in [0.2, 0.25) is 10.0 Å². The Morgan fingerprint density at radius 2 is 2.00 bits per heavy atom. The third-order valence-electron chi connectivity index (χ3n) is 3.93. The molecule has 3 rings (SSSR count). The zero-order chi connectivity index (χ0) is 17.3. The first kappa shape index (κ1) is 16.4. The van der Waals surface area contributed by atoms with Crippen molar-refractivity contribution >= 4 is 15.7 Å². The molecular weight excluding hydrogens is 332 g/mol. The topological polar surface area (TPSA) is 98.5 Å². The van der Waals surface area contributed by atoms with E-state index < -0.39 is 21.0 Å². The van der Waals surface area contributed by atoms with Crippen LogP contribution in [0.15, 0.2) is 47.4 Å². The molecule has 2 aromatic rings. The van der Waals surface area contributed by atoms with Gasteiger partial charge in [0.1, 0.15) is 5.75 Å². The van der Waals surface area contributed by atoms with Crippen LogP contribution >= 0.6 is 0 Å². The molecule has 1 unspecified atom stereocenters. The lowest BCUT2D eigenvalue weighted by Gasteiger charge is -2.26. The second-order valence-electron chi connectivity index (χ2n) is 5.56. The van der Waals surface area contributed by atoms with Crippen LogP contribution in [0.5, 0.6) is 5.75 Å². The fraction of sp³-hybridized carbons (Fsp3) is 0.250. The summed E-state index contributed by atoms with van der Waals surface area (Å²) in [5.74, 6) is 0.646. The Morgan fingerprint density at radius 1 is 1.25 bits per heavy atom. The van der Waals surface area contributed by atoms with Crippen LogP contribution in [0.1, 0.15) is 23.6 Å².